The summed E-state index contributed by atoms with van der Waals surface area (Å²) >= 11 is 0. The van der Waals surface area contributed by atoms with Crippen LogP contribution in [0.1, 0.15) is 18.4 Å². The number of hydrogen-bond acceptors (Lipinski definition) is 3. The average Bonchev–Trinajstić information content (AvgIpc) is 2.34. The van der Waals surface area contributed by atoms with E-state index in [0.29, 0.717) is 30.6 Å². The van der Waals surface area contributed by atoms with E-state index < -0.39 is 5.82 Å². The fourth-order valence-corrected chi connectivity index (χ4v) is 1.78. The van der Waals surface area contributed by atoms with Crippen LogP contribution in [0.2, 0.25) is 0 Å². The van der Waals surface area contributed by atoms with Crippen LogP contribution in [0.4, 0.5) is 10.1 Å². The Hall–Kier alpha value is -2.09. The minimum absolute atomic E-state index is 0.0309. The number of halogens is 1. The molecular weight excluding hydrogens is 221 g/mol. The molecule has 0 radical (unpaired) electrons. The Kier molecular flexibility index (Phi) is 3.24. The number of benzene rings is 1. The maximum Gasteiger partial charge on any atom is 0.220 e. The lowest BCUT2D eigenvalue weighted by Crippen LogP contribution is -2.42. The van der Waals surface area contributed by atoms with Crippen molar-refractivity contribution in [3.05, 3.63) is 29.6 Å². The Morgan fingerprint density at radius 3 is 2.94 bits per heavy atom. The smallest absolute Gasteiger partial charge is 0.220 e. The summed E-state index contributed by atoms with van der Waals surface area (Å²) in [4.78, 5) is 11.0. The standard InChI is InChI=1S/C12H12FN3O/c13-10-5-8(6-14)1-3-11(10)16-9-2-4-12(17)15-7-9/h1,3,5,9,16H,2,4,7H2,(H,15,17). The van der Waals surface area contributed by atoms with Gasteiger partial charge in [-0.3, -0.25) is 4.79 Å². The topological polar surface area (TPSA) is 64.9 Å². The monoisotopic (exact) mass is 233 g/mol. The van der Waals surface area contributed by atoms with Gasteiger partial charge in [-0.05, 0) is 24.6 Å². The average molecular weight is 233 g/mol. The third-order valence-electron chi connectivity index (χ3n) is 2.72. The SMILES string of the molecule is N#Cc1ccc(NC2CCC(=O)NC2)c(F)c1. The zero-order valence-electron chi connectivity index (χ0n) is 9.16. The third kappa shape index (κ3) is 2.72. The van der Waals surface area contributed by atoms with Crippen LogP contribution < -0.4 is 10.6 Å². The first-order valence-electron chi connectivity index (χ1n) is 5.42. The number of nitriles is 1. The van der Waals surface area contributed by atoms with Crippen LogP contribution in [0.15, 0.2) is 18.2 Å². The van der Waals surface area contributed by atoms with Crippen molar-refractivity contribution in [3.63, 3.8) is 0 Å². The van der Waals surface area contributed by atoms with E-state index in [-0.39, 0.29) is 11.9 Å². The van der Waals surface area contributed by atoms with Gasteiger partial charge in [-0.2, -0.15) is 5.26 Å². The molecule has 1 unspecified atom stereocenters. The highest BCUT2D eigenvalue weighted by molar-refractivity contribution is 5.77. The number of anilines is 1. The maximum atomic E-state index is 13.6. The summed E-state index contributed by atoms with van der Waals surface area (Å²) < 4.78 is 13.6. The summed E-state index contributed by atoms with van der Waals surface area (Å²) in [6.07, 6.45) is 1.14. The molecule has 88 valence electrons. The Labute approximate surface area is 98.4 Å². The van der Waals surface area contributed by atoms with E-state index in [1.165, 1.54) is 6.07 Å². The van der Waals surface area contributed by atoms with E-state index in [4.69, 9.17) is 5.26 Å². The molecule has 0 spiro atoms. The molecule has 5 heteroatoms. The van der Waals surface area contributed by atoms with E-state index in [0.717, 1.165) is 0 Å². The van der Waals surface area contributed by atoms with Crippen molar-refractivity contribution in [2.24, 2.45) is 0 Å². The highest BCUT2D eigenvalue weighted by Crippen LogP contribution is 2.18. The zero-order valence-corrected chi connectivity index (χ0v) is 9.16. The lowest BCUT2D eigenvalue weighted by atomic mass is 10.1. The van der Waals surface area contributed by atoms with E-state index >= 15 is 0 Å². The maximum absolute atomic E-state index is 13.6. The Morgan fingerprint density at radius 1 is 1.53 bits per heavy atom. The molecule has 1 aromatic rings. The first kappa shape index (κ1) is 11.4. The largest absolute Gasteiger partial charge is 0.378 e. The molecule has 0 saturated carbocycles. The molecule has 4 nitrogen and oxygen atoms in total. The van der Waals surface area contributed by atoms with Gasteiger partial charge >= 0.3 is 0 Å². The first-order chi connectivity index (χ1) is 8.19. The number of carbonyl (C=O) groups is 1. The predicted molar refractivity (Wildman–Crippen MR) is 60.8 cm³/mol. The van der Waals surface area contributed by atoms with Crippen molar-refractivity contribution in [1.82, 2.24) is 5.32 Å². The molecule has 1 saturated heterocycles. The number of carbonyl (C=O) groups excluding carboxylic acids is 1. The van der Waals surface area contributed by atoms with Crippen LogP contribution in [0.3, 0.4) is 0 Å². The fourth-order valence-electron chi connectivity index (χ4n) is 1.78. The van der Waals surface area contributed by atoms with Crippen molar-refractivity contribution in [2.75, 3.05) is 11.9 Å². The summed E-state index contributed by atoms with van der Waals surface area (Å²) in [5.74, 6) is -0.413. The van der Waals surface area contributed by atoms with Crippen LogP contribution in [0, 0.1) is 17.1 Å². The van der Waals surface area contributed by atoms with Gasteiger partial charge in [-0.1, -0.05) is 0 Å². The van der Waals surface area contributed by atoms with Crippen molar-refractivity contribution in [3.8, 4) is 6.07 Å². The summed E-state index contributed by atoms with van der Waals surface area (Å²) in [6, 6.07) is 6.22. The van der Waals surface area contributed by atoms with E-state index in [1.54, 1.807) is 12.1 Å². The summed E-state index contributed by atoms with van der Waals surface area (Å²) in [5.41, 5.74) is 0.662. The van der Waals surface area contributed by atoms with Crippen LogP contribution in [-0.4, -0.2) is 18.5 Å². The second-order valence-electron chi connectivity index (χ2n) is 3.99. The van der Waals surface area contributed by atoms with Gasteiger partial charge in [-0.15, -0.1) is 0 Å². The van der Waals surface area contributed by atoms with Gasteiger partial charge in [-0.25, -0.2) is 4.39 Å². The highest BCUT2D eigenvalue weighted by atomic mass is 19.1. The number of nitrogens with zero attached hydrogens (tertiary/aromatic N) is 1. The molecule has 1 aromatic carbocycles. The number of amides is 1. The van der Waals surface area contributed by atoms with Crippen molar-refractivity contribution < 1.29 is 9.18 Å². The minimum atomic E-state index is -0.444. The fraction of sp³-hybridized carbons (Fsp3) is 0.333. The van der Waals surface area contributed by atoms with Crippen molar-refractivity contribution in [1.29, 1.82) is 5.26 Å². The molecule has 2 N–H and O–H groups in total. The number of piperidine rings is 1. The van der Waals surface area contributed by atoms with E-state index in [2.05, 4.69) is 10.6 Å². The van der Waals surface area contributed by atoms with Gasteiger partial charge in [0.05, 0.1) is 17.3 Å². The van der Waals surface area contributed by atoms with E-state index in [1.807, 2.05) is 6.07 Å². The van der Waals surface area contributed by atoms with Crippen LogP contribution in [0.5, 0.6) is 0 Å². The predicted octanol–water partition coefficient (Wildman–Crippen LogP) is 1.39. The molecule has 1 fully saturated rings. The quantitative estimate of drug-likeness (QED) is 0.811. The van der Waals surface area contributed by atoms with Crippen molar-refractivity contribution in [2.45, 2.75) is 18.9 Å². The lowest BCUT2D eigenvalue weighted by Gasteiger charge is -2.24. The summed E-state index contributed by atoms with van der Waals surface area (Å²) in [7, 11) is 0. The molecular formula is C12H12FN3O. The molecule has 1 amide bonds. The van der Waals surface area contributed by atoms with Gasteiger partial charge in [0.1, 0.15) is 5.82 Å². The Morgan fingerprint density at radius 2 is 2.35 bits per heavy atom. The highest BCUT2D eigenvalue weighted by Gasteiger charge is 2.18. The Bertz CT molecular complexity index is 471. The number of nitrogens with one attached hydrogen (secondary N) is 2. The van der Waals surface area contributed by atoms with Crippen LogP contribution >= 0.6 is 0 Å². The number of hydrogen-bond donors (Lipinski definition) is 2. The van der Waals surface area contributed by atoms with Gasteiger partial charge in [0, 0.05) is 19.0 Å². The number of rotatable bonds is 2. The normalized spacial score (nSPS) is 19.3. The van der Waals surface area contributed by atoms with Gasteiger partial charge < -0.3 is 10.6 Å². The van der Waals surface area contributed by atoms with Crippen LogP contribution in [-0.2, 0) is 4.79 Å². The zero-order chi connectivity index (χ0) is 12.3. The second kappa shape index (κ2) is 4.83. The first-order valence-corrected chi connectivity index (χ1v) is 5.42. The van der Waals surface area contributed by atoms with Gasteiger partial charge in [0.15, 0.2) is 0 Å². The Balaban J connectivity index is 2.04. The third-order valence-corrected chi connectivity index (χ3v) is 2.72. The molecule has 1 aliphatic heterocycles. The minimum Gasteiger partial charge on any atom is -0.378 e. The molecule has 17 heavy (non-hydrogen) atoms. The summed E-state index contributed by atoms with van der Waals surface area (Å²) in [5, 5.41) is 14.4. The van der Waals surface area contributed by atoms with Gasteiger partial charge in [0.25, 0.3) is 0 Å². The lowest BCUT2D eigenvalue weighted by molar-refractivity contribution is -0.122. The van der Waals surface area contributed by atoms with Crippen molar-refractivity contribution >= 4 is 11.6 Å². The molecule has 1 aliphatic rings. The molecule has 2 rings (SSSR count). The van der Waals surface area contributed by atoms with E-state index in [9.17, 15) is 9.18 Å². The molecule has 0 aliphatic carbocycles. The second-order valence-corrected chi connectivity index (χ2v) is 3.99. The molecule has 1 atom stereocenters. The molecule has 0 aromatic heterocycles. The molecule has 1 heterocycles. The van der Waals surface area contributed by atoms with Gasteiger partial charge in [0.2, 0.25) is 5.91 Å². The van der Waals surface area contributed by atoms with Crippen LogP contribution in [0.25, 0.3) is 0 Å². The summed E-state index contributed by atoms with van der Waals surface area (Å²) in [6.45, 7) is 0.498. The molecule has 0 bridgehead atoms.